The lowest BCUT2D eigenvalue weighted by Gasteiger charge is -2.39. The van der Waals surface area contributed by atoms with E-state index in [4.69, 9.17) is 9.16 Å². The third-order valence-corrected chi connectivity index (χ3v) is 9.80. The highest BCUT2D eigenvalue weighted by molar-refractivity contribution is 6.74. The van der Waals surface area contributed by atoms with Gasteiger partial charge in [-0.1, -0.05) is 20.8 Å². The average molecular weight is 384 g/mol. The molecule has 2 aromatic rings. The first-order valence-electron chi connectivity index (χ1n) is 8.55. The smallest absolute Gasteiger partial charge is 0.278 e. The van der Waals surface area contributed by atoms with Crippen molar-refractivity contribution in [2.75, 3.05) is 6.61 Å². The third kappa shape index (κ3) is 3.11. The van der Waals surface area contributed by atoms with Crippen LogP contribution in [0.15, 0.2) is 17.4 Å². The lowest BCUT2D eigenvalue weighted by molar-refractivity contribution is -0.0445. The number of rotatable bonds is 4. The fourth-order valence-electron chi connectivity index (χ4n) is 2.77. The van der Waals surface area contributed by atoms with E-state index in [-0.39, 0.29) is 22.8 Å². The zero-order valence-electron chi connectivity index (χ0n) is 15.6. The van der Waals surface area contributed by atoms with Crippen LogP contribution in [0, 0.1) is 0 Å². The number of hydrogen-bond donors (Lipinski definition) is 2. The maximum atomic E-state index is 15.3. The van der Waals surface area contributed by atoms with Gasteiger partial charge in [0.05, 0.1) is 19.3 Å². The molecule has 0 spiro atoms. The number of aromatic nitrogens is 4. The highest BCUT2D eigenvalue weighted by Crippen LogP contribution is 2.42. The molecule has 26 heavy (non-hydrogen) atoms. The topological polar surface area (TPSA) is 102 Å². The van der Waals surface area contributed by atoms with Crippen LogP contribution >= 0.6 is 0 Å². The first-order valence-corrected chi connectivity index (χ1v) is 11.5. The maximum Gasteiger partial charge on any atom is 0.278 e. The number of aliphatic hydroxyl groups excluding tert-OH is 1. The Morgan fingerprint density at radius 1 is 1.42 bits per heavy atom. The Kier molecular flexibility index (Phi) is 4.80. The summed E-state index contributed by atoms with van der Waals surface area (Å²) in [6.07, 6.45) is -1.74. The summed E-state index contributed by atoms with van der Waals surface area (Å²) in [4.78, 5) is 22.3. The van der Waals surface area contributed by atoms with Gasteiger partial charge in [0.15, 0.2) is 31.9 Å². The molecule has 0 bridgehead atoms. The van der Waals surface area contributed by atoms with E-state index in [9.17, 15) is 9.90 Å². The van der Waals surface area contributed by atoms with Crippen molar-refractivity contribution in [2.45, 2.75) is 63.5 Å². The molecule has 3 rings (SSSR count). The van der Waals surface area contributed by atoms with Crippen LogP contribution in [0.2, 0.25) is 18.1 Å². The molecule has 0 amide bonds. The van der Waals surface area contributed by atoms with Crippen LogP contribution < -0.4 is 5.56 Å². The monoisotopic (exact) mass is 384 g/mol. The van der Waals surface area contributed by atoms with E-state index < -0.39 is 38.5 Å². The number of halogens is 1. The Labute approximate surface area is 151 Å². The molecule has 3 heterocycles. The standard InChI is InChI=1S/C16H25FN4O4Si/c1-16(2,3)26(4,5)25-12-9(6-22)24-15(10(12)17)21-8-20-11-13(21)18-7-19-14(11)23/h7-10,12,15,22H,6H2,1-5H3,(H,18,19,23)/t9-,10-,12-,15-/m1/s1. The number of ether oxygens (including phenoxy) is 1. The van der Waals surface area contributed by atoms with Crippen molar-refractivity contribution >= 4 is 19.5 Å². The molecule has 2 aromatic heterocycles. The van der Waals surface area contributed by atoms with Gasteiger partial charge >= 0.3 is 0 Å². The maximum absolute atomic E-state index is 15.3. The van der Waals surface area contributed by atoms with Crippen LogP contribution in [-0.4, -0.2) is 57.9 Å². The van der Waals surface area contributed by atoms with E-state index in [1.54, 1.807) is 0 Å². The minimum Gasteiger partial charge on any atom is -0.408 e. The average Bonchev–Trinajstić information content (AvgIpc) is 3.09. The van der Waals surface area contributed by atoms with Crippen LogP contribution in [0.25, 0.3) is 11.2 Å². The number of nitrogens with one attached hydrogen (secondary N) is 1. The number of fused-ring (bicyclic) bond motifs is 1. The summed E-state index contributed by atoms with van der Waals surface area (Å²) in [5, 5.41) is 9.57. The first kappa shape index (κ1) is 19.1. The Morgan fingerprint density at radius 3 is 2.73 bits per heavy atom. The molecule has 0 aliphatic carbocycles. The highest BCUT2D eigenvalue weighted by Gasteiger charge is 2.51. The normalized spacial score (nSPS) is 27.3. The summed E-state index contributed by atoms with van der Waals surface area (Å²) in [7, 11) is -2.27. The van der Waals surface area contributed by atoms with Gasteiger partial charge in [-0.3, -0.25) is 9.36 Å². The van der Waals surface area contributed by atoms with E-state index in [0.29, 0.717) is 0 Å². The minimum atomic E-state index is -2.27. The quantitative estimate of drug-likeness (QED) is 0.779. The predicted molar refractivity (Wildman–Crippen MR) is 96.1 cm³/mol. The van der Waals surface area contributed by atoms with Crippen molar-refractivity contribution in [3.05, 3.63) is 23.0 Å². The van der Waals surface area contributed by atoms with Crippen molar-refractivity contribution in [1.29, 1.82) is 0 Å². The second kappa shape index (κ2) is 6.52. The van der Waals surface area contributed by atoms with Crippen LogP contribution in [0.3, 0.4) is 0 Å². The Balaban J connectivity index is 1.94. The number of alkyl halides is 1. The molecular weight excluding hydrogens is 359 g/mol. The SMILES string of the molecule is CC(C)(C)[Si](C)(C)O[C@H]1[C@@H](F)[C@H](n2cnc3c(=O)[nH]cnc32)O[C@@H]1CO. The molecule has 1 aliphatic heterocycles. The molecule has 0 aromatic carbocycles. The van der Waals surface area contributed by atoms with Gasteiger partial charge in [0, 0.05) is 0 Å². The Morgan fingerprint density at radius 2 is 2.12 bits per heavy atom. The van der Waals surface area contributed by atoms with Crippen molar-refractivity contribution in [3.63, 3.8) is 0 Å². The van der Waals surface area contributed by atoms with Gasteiger partial charge in [0.1, 0.15) is 12.2 Å². The van der Waals surface area contributed by atoms with Crippen LogP contribution in [0.4, 0.5) is 4.39 Å². The van der Waals surface area contributed by atoms with E-state index in [1.165, 1.54) is 17.2 Å². The molecule has 10 heteroatoms. The lowest BCUT2D eigenvalue weighted by atomic mass is 10.1. The summed E-state index contributed by atoms with van der Waals surface area (Å²) in [5.41, 5.74) is -0.0707. The number of aliphatic hydroxyl groups is 1. The Hall–Kier alpha value is -1.62. The summed E-state index contributed by atoms with van der Waals surface area (Å²) in [6.45, 7) is 9.87. The molecule has 1 aliphatic rings. The molecular formula is C16H25FN4O4Si. The largest absolute Gasteiger partial charge is 0.408 e. The van der Waals surface area contributed by atoms with Gasteiger partial charge in [-0.25, -0.2) is 14.4 Å². The van der Waals surface area contributed by atoms with Crippen molar-refractivity contribution in [2.24, 2.45) is 0 Å². The van der Waals surface area contributed by atoms with Gasteiger partial charge in [0.2, 0.25) is 0 Å². The molecule has 2 N–H and O–H groups in total. The number of hydrogen-bond acceptors (Lipinski definition) is 6. The van der Waals surface area contributed by atoms with Gasteiger partial charge < -0.3 is 19.3 Å². The fraction of sp³-hybridized carbons (Fsp3) is 0.688. The fourth-order valence-corrected chi connectivity index (χ4v) is 4.09. The molecule has 0 saturated carbocycles. The van der Waals surface area contributed by atoms with Gasteiger partial charge in [0.25, 0.3) is 5.56 Å². The van der Waals surface area contributed by atoms with E-state index in [1.807, 2.05) is 13.1 Å². The lowest BCUT2D eigenvalue weighted by Crippen LogP contribution is -2.49. The van der Waals surface area contributed by atoms with Gasteiger partial charge in [-0.15, -0.1) is 0 Å². The van der Waals surface area contributed by atoms with Gasteiger partial charge in [-0.2, -0.15) is 0 Å². The second-order valence-electron chi connectivity index (χ2n) is 8.09. The zero-order chi connectivity index (χ0) is 19.3. The zero-order valence-corrected chi connectivity index (χ0v) is 16.6. The molecule has 8 nitrogen and oxygen atoms in total. The Bertz CT molecular complexity index is 847. The number of nitrogens with zero attached hydrogens (tertiary/aromatic N) is 3. The van der Waals surface area contributed by atoms with Crippen molar-refractivity contribution < 1.29 is 18.7 Å². The summed E-state index contributed by atoms with van der Waals surface area (Å²) < 4.78 is 28.6. The third-order valence-electron chi connectivity index (χ3n) is 5.32. The molecule has 0 radical (unpaired) electrons. The highest BCUT2D eigenvalue weighted by atomic mass is 28.4. The van der Waals surface area contributed by atoms with Crippen molar-refractivity contribution in [1.82, 2.24) is 19.5 Å². The molecule has 4 atom stereocenters. The summed E-state index contributed by atoms with van der Waals surface area (Å²) in [5.74, 6) is 0. The van der Waals surface area contributed by atoms with Gasteiger partial charge in [-0.05, 0) is 18.1 Å². The minimum absolute atomic E-state index is 0.109. The molecule has 1 fully saturated rings. The van der Waals surface area contributed by atoms with Crippen LogP contribution in [-0.2, 0) is 9.16 Å². The van der Waals surface area contributed by atoms with Crippen molar-refractivity contribution in [3.8, 4) is 0 Å². The van der Waals surface area contributed by atoms with E-state index >= 15 is 4.39 Å². The number of aromatic amines is 1. The van der Waals surface area contributed by atoms with Crippen LogP contribution in [0.1, 0.15) is 27.0 Å². The summed E-state index contributed by atoms with van der Waals surface area (Å²) in [6, 6.07) is 0. The number of H-pyrrole nitrogens is 1. The summed E-state index contributed by atoms with van der Waals surface area (Å²) >= 11 is 0. The molecule has 144 valence electrons. The second-order valence-corrected chi connectivity index (χ2v) is 12.8. The van der Waals surface area contributed by atoms with Crippen LogP contribution in [0.5, 0.6) is 0 Å². The number of imidazole rings is 1. The first-order chi connectivity index (χ1) is 12.1. The molecule has 1 saturated heterocycles. The van der Waals surface area contributed by atoms with E-state index in [2.05, 4.69) is 35.7 Å². The van der Waals surface area contributed by atoms with E-state index in [0.717, 1.165) is 0 Å². The predicted octanol–water partition coefficient (Wildman–Crippen LogP) is 1.74. The molecule has 0 unspecified atom stereocenters.